The number of carbonyl (C=O) groups is 1. The molecule has 2 aromatic heterocycles. The summed E-state index contributed by atoms with van der Waals surface area (Å²) < 4.78 is 5.59. The molecule has 1 amide bonds. The lowest BCUT2D eigenvalue weighted by atomic mass is 10.1. The van der Waals surface area contributed by atoms with E-state index in [0.717, 1.165) is 22.6 Å². The van der Waals surface area contributed by atoms with Gasteiger partial charge in [-0.3, -0.25) is 9.89 Å². The molecular weight excluding hydrogens is 318 g/mol. The first kappa shape index (κ1) is 16.6. The van der Waals surface area contributed by atoms with Gasteiger partial charge in [-0.25, -0.2) is 9.97 Å². The number of carbonyl (C=O) groups excluding carboxylic acids is 1. The summed E-state index contributed by atoms with van der Waals surface area (Å²) in [5.41, 5.74) is 4.21. The molecule has 0 saturated carbocycles. The molecule has 0 aliphatic carbocycles. The Bertz CT molecular complexity index is 867. The highest BCUT2D eigenvalue weighted by atomic mass is 16.5. The summed E-state index contributed by atoms with van der Waals surface area (Å²) in [6.45, 7) is 5.66. The molecule has 0 radical (unpaired) electrons. The molecule has 25 heavy (non-hydrogen) atoms. The number of nitrogens with one attached hydrogen (secondary N) is 2. The van der Waals surface area contributed by atoms with Gasteiger partial charge in [-0.05, 0) is 51.1 Å². The van der Waals surface area contributed by atoms with Crippen LogP contribution in [-0.4, -0.2) is 26.1 Å². The highest BCUT2D eigenvalue weighted by molar-refractivity contribution is 5.92. The van der Waals surface area contributed by atoms with Gasteiger partial charge in [0.15, 0.2) is 0 Å². The van der Waals surface area contributed by atoms with Gasteiger partial charge in [0.2, 0.25) is 5.91 Å². The zero-order valence-electron chi connectivity index (χ0n) is 14.3. The van der Waals surface area contributed by atoms with E-state index in [1.807, 2.05) is 20.8 Å². The Kier molecular flexibility index (Phi) is 4.74. The predicted molar refractivity (Wildman–Crippen MR) is 93.7 cm³/mol. The maximum Gasteiger partial charge on any atom is 0.322 e. The number of aromatic nitrogens is 4. The number of hydrogen-bond acceptors (Lipinski definition) is 5. The number of H-pyrrole nitrogens is 1. The van der Waals surface area contributed by atoms with Crippen molar-refractivity contribution in [1.82, 2.24) is 20.2 Å². The largest absolute Gasteiger partial charge is 0.424 e. The summed E-state index contributed by atoms with van der Waals surface area (Å²) in [5.74, 6) is 0.508. The fourth-order valence-corrected chi connectivity index (χ4v) is 2.39. The number of nitrogens with zero attached hydrogens (tertiary/aromatic N) is 3. The van der Waals surface area contributed by atoms with Crippen LogP contribution >= 0.6 is 0 Å². The Morgan fingerprint density at radius 1 is 1.16 bits per heavy atom. The van der Waals surface area contributed by atoms with E-state index in [9.17, 15) is 4.79 Å². The van der Waals surface area contributed by atoms with Gasteiger partial charge in [0.1, 0.15) is 5.75 Å². The monoisotopic (exact) mass is 337 g/mol. The summed E-state index contributed by atoms with van der Waals surface area (Å²) in [6.07, 6.45) is 1.93. The molecule has 0 bridgehead atoms. The van der Waals surface area contributed by atoms with E-state index in [1.165, 1.54) is 0 Å². The Hall–Kier alpha value is -3.22. The second-order valence-electron chi connectivity index (χ2n) is 5.74. The molecule has 0 spiro atoms. The second-order valence-corrected chi connectivity index (χ2v) is 5.74. The lowest BCUT2D eigenvalue weighted by Crippen LogP contribution is -2.15. The van der Waals surface area contributed by atoms with E-state index in [4.69, 9.17) is 4.74 Å². The van der Waals surface area contributed by atoms with Gasteiger partial charge in [0, 0.05) is 28.8 Å². The number of rotatable bonds is 5. The predicted octanol–water partition coefficient (Wildman–Crippen LogP) is 3.10. The van der Waals surface area contributed by atoms with E-state index in [2.05, 4.69) is 25.5 Å². The molecule has 128 valence electrons. The average molecular weight is 337 g/mol. The molecule has 0 unspecified atom stereocenters. The van der Waals surface area contributed by atoms with Crippen LogP contribution in [0.4, 0.5) is 5.69 Å². The van der Waals surface area contributed by atoms with E-state index in [1.54, 1.807) is 36.5 Å². The minimum absolute atomic E-state index is 0.0942. The first-order valence-electron chi connectivity index (χ1n) is 7.89. The minimum atomic E-state index is -0.0942. The third-order valence-corrected chi connectivity index (χ3v) is 3.74. The highest BCUT2D eigenvalue weighted by Crippen LogP contribution is 2.20. The van der Waals surface area contributed by atoms with Gasteiger partial charge in [-0.15, -0.1) is 0 Å². The van der Waals surface area contributed by atoms with Crippen LogP contribution in [0, 0.1) is 20.8 Å². The molecule has 3 rings (SSSR count). The van der Waals surface area contributed by atoms with Crippen molar-refractivity contribution in [1.29, 1.82) is 0 Å². The first-order valence-corrected chi connectivity index (χ1v) is 7.89. The zero-order valence-corrected chi connectivity index (χ0v) is 14.3. The summed E-state index contributed by atoms with van der Waals surface area (Å²) in [5, 5.41) is 9.85. The minimum Gasteiger partial charge on any atom is -0.424 e. The number of amides is 1. The summed E-state index contributed by atoms with van der Waals surface area (Å²) in [7, 11) is 0. The Morgan fingerprint density at radius 3 is 2.56 bits per heavy atom. The number of hydrogen-bond donors (Lipinski definition) is 2. The topological polar surface area (TPSA) is 92.8 Å². The van der Waals surface area contributed by atoms with E-state index < -0.39 is 0 Å². The van der Waals surface area contributed by atoms with Crippen LogP contribution in [0.15, 0.2) is 36.5 Å². The maximum atomic E-state index is 12.2. The van der Waals surface area contributed by atoms with Gasteiger partial charge in [0.25, 0.3) is 0 Å². The van der Waals surface area contributed by atoms with Crippen molar-refractivity contribution in [2.45, 2.75) is 27.2 Å². The van der Waals surface area contributed by atoms with Gasteiger partial charge in [0.05, 0.1) is 12.1 Å². The molecule has 0 aliphatic heterocycles. The van der Waals surface area contributed by atoms with Gasteiger partial charge in [-0.2, -0.15) is 5.10 Å². The summed E-state index contributed by atoms with van der Waals surface area (Å²) in [6, 6.07) is 9.17. The van der Waals surface area contributed by atoms with Crippen LogP contribution in [0.25, 0.3) is 0 Å². The maximum absolute atomic E-state index is 12.2. The summed E-state index contributed by atoms with van der Waals surface area (Å²) in [4.78, 5) is 20.4. The van der Waals surface area contributed by atoms with Gasteiger partial charge >= 0.3 is 6.01 Å². The summed E-state index contributed by atoms with van der Waals surface area (Å²) >= 11 is 0. The van der Waals surface area contributed by atoms with Gasteiger partial charge in [-0.1, -0.05) is 0 Å². The van der Waals surface area contributed by atoms with E-state index >= 15 is 0 Å². The van der Waals surface area contributed by atoms with Crippen LogP contribution in [0.5, 0.6) is 11.8 Å². The number of aryl methyl sites for hydroxylation is 3. The molecule has 0 aliphatic rings. The number of benzene rings is 1. The van der Waals surface area contributed by atoms with Crippen molar-refractivity contribution >= 4 is 11.6 Å². The highest BCUT2D eigenvalue weighted by Gasteiger charge is 2.11. The fourth-order valence-electron chi connectivity index (χ4n) is 2.39. The van der Waals surface area contributed by atoms with Gasteiger partial charge < -0.3 is 10.1 Å². The number of ether oxygens (including phenoxy) is 1. The zero-order chi connectivity index (χ0) is 17.8. The van der Waals surface area contributed by atoms with Crippen LogP contribution in [-0.2, 0) is 11.2 Å². The molecule has 0 atom stereocenters. The molecular formula is C18H19N5O2. The first-order chi connectivity index (χ1) is 12.0. The van der Waals surface area contributed by atoms with Crippen molar-refractivity contribution in [3.8, 4) is 11.8 Å². The van der Waals surface area contributed by atoms with Crippen molar-refractivity contribution in [2.24, 2.45) is 0 Å². The Balaban J connectivity index is 1.61. The lowest BCUT2D eigenvalue weighted by Gasteiger charge is -2.07. The van der Waals surface area contributed by atoms with Crippen molar-refractivity contribution in [3.63, 3.8) is 0 Å². The lowest BCUT2D eigenvalue weighted by molar-refractivity contribution is -0.115. The molecule has 0 saturated heterocycles. The SMILES string of the molecule is Cc1ccnc(Oc2ccc(NC(=O)Cc3c(C)n[nH]c3C)cc2)n1. The Morgan fingerprint density at radius 2 is 1.92 bits per heavy atom. The molecule has 7 heteroatoms. The third kappa shape index (κ3) is 4.20. The fraction of sp³-hybridized carbons (Fsp3) is 0.222. The van der Waals surface area contributed by atoms with E-state index in [-0.39, 0.29) is 12.3 Å². The van der Waals surface area contributed by atoms with Crippen LogP contribution < -0.4 is 10.1 Å². The van der Waals surface area contributed by atoms with Crippen LogP contribution in [0.1, 0.15) is 22.6 Å². The average Bonchev–Trinajstić information content (AvgIpc) is 2.89. The standard InChI is InChI=1S/C18H19N5O2/c1-11-8-9-19-18(20-11)25-15-6-4-14(5-7-15)21-17(24)10-16-12(2)22-23-13(16)3/h4-9H,10H2,1-3H3,(H,21,24)(H,22,23). The Labute approximate surface area is 145 Å². The van der Waals surface area contributed by atoms with Crippen molar-refractivity contribution in [2.75, 3.05) is 5.32 Å². The molecule has 2 heterocycles. The van der Waals surface area contributed by atoms with Crippen molar-refractivity contribution < 1.29 is 9.53 Å². The molecule has 7 nitrogen and oxygen atoms in total. The molecule has 0 fully saturated rings. The quantitative estimate of drug-likeness (QED) is 0.746. The number of anilines is 1. The second kappa shape index (κ2) is 7.12. The van der Waals surface area contributed by atoms with Crippen molar-refractivity contribution in [3.05, 3.63) is 59.2 Å². The smallest absolute Gasteiger partial charge is 0.322 e. The normalized spacial score (nSPS) is 10.5. The third-order valence-electron chi connectivity index (χ3n) is 3.74. The molecule has 2 N–H and O–H groups in total. The number of aromatic amines is 1. The van der Waals surface area contributed by atoms with Crippen LogP contribution in [0.3, 0.4) is 0 Å². The van der Waals surface area contributed by atoms with Crippen LogP contribution in [0.2, 0.25) is 0 Å². The molecule has 3 aromatic rings. The molecule has 1 aromatic carbocycles. The van der Waals surface area contributed by atoms with E-state index in [0.29, 0.717) is 17.4 Å².